The zero-order chi connectivity index (χ0) is 20.9. The summed E-state index contributed by atoms with van der Waals surface area (Å²) in [6, 6.07) is 15.1. The number of nitrogens with zero attached hydrogens (tertiary/aromatic N) is 4. The summed E-state index contributed by atoms with van der Waals surface area (Å²) in [5, 5.41) is 14.8. The van der Waals surface area contributed by atoms with Crippen molar-refractivity contribution in [2.45, 2.75) is 36.5 Å². The number of carbonyl (C=O) groups is 1. The Morgan fingerprint density at radius 2 is 2.03 bits per heavy atom. The number of thiophene rings is 1. The van der Waals surface area contributed by atoms with Crippen molar-refractivity contribution in [3.63, 3.8) is 0 Å². The SMILES string of the molecule is CN(C)C(CNC(=O)CSc1nnc(Cc2cccs2)n1C1CC1)c1ccccc1. The molecule has 6 nitrogen and oxygen atoms in total. The normalized spacial score (nSPS) is 14.8. The van der Waals surface area contributed by atoms with Crippen LogP contribution >= 0.6 is 23.1 Å². The van der Waals surface area contributed by atoms with Gasteiger partial charge in [-0.3, -0.25) is 4.79 Å². The predicted octanol–water partition coefficient (Wildman–Crippen LogP) is 3.78. The molecule has 2 heterocycles. The number of carbonyl (C=O) groups excluding carboxylic acids is 1. The van der Waals surface area contributed by atoms with E-state index in [-0.39, 0.29) is 11.9 Å². The van der Waals surface area contributed by atoms with Gasteiger partial charge in [-0.05, 0) is 43.9 Å². The van der Waals surface area contributed by atoms with Crippen LogP contribution in [0.3, 0.4) is 0 Å². The molecule has 3 aromatic rings. The smallest absolute Gasteiger partial charge is 0.230 e. The van der Waals surface area contributed by atoms with E-state index >= 15 is 0 Å². The molecule has 0 radical (unpaired) electrons. The van der Waals surface area contributed by atoms with E-state index in [0.717, 1.165) is 30.2 Å². The van der Waals surface area contributed by atoms with Gasteiger partial charge in [-0.1, -0.05) is 48.2 Å². The van der Waals surface area contributed by atoms with E-state index < -0.39 is 0 Å². The second kappa shape index (κ2) is 9.76. The van der Waals surface area contributed by atoms with E-state index in [0.29, 0.717) is 18.3 Å². The van der Waals surface area contributed by atoms with Crippen LogP contribution in [0.2, 0.25) is 0 Å². The molecule has 0 aliphatic heterocycles. The van der Waals surface area contributed by atoms with E-state index in [1.165, 1.54) is 22.2 Å². The van der Waals surface area contributed by atoms with Crippen LogP contribution in [-0.2, 0) is 11.2 Å². The van der Waals surface area contributed by atoms with Gasteiger partial charge in [0.05, 0.1) is 11.8 Å². The summed E-state index contributed by atoms with van der Waals surface area (Å²) in [5.41, 5.74) is 1.20. The fraction of sp³-hybridized carbons (Fsp3) is 0.409. The largest absolute Gasteiger partial charge is 0.353 e. The highest BCUT2D eigenvalue weighted by Gasteiger charge is 2.30. The molecule has 30 heavy (non-hydrogen) atoms. The van der Waals surface area contributed by atoms with Crippen LogP contribution in [0.5, 0.6) is 0 Å². The Bertz CT molecular complexity index is 951. The third-order valence-corrected chi connectivity index (χ3v) is 7.01. The molecule has 1 N–H and O–H groups in total. The molecule has 2 aromatic heterocycles. The van der Waals surface area contributed by atoms with Gasteiger partial charge in [-0.15, -0.1) is 21.5 Å². The molecule has 1 amide bonds. The second-order valence-electron chi connectivity index (χ2n) is 7.74. The van der Waals surface area contributed by atoms with Crippen molar-refractivity contribution >= 4 is 29.0 Å². The monoisotopic (exact) mass is 441 g/mol. The van der Waals surface area contributed by atoms with Gasteiger partial charge in [0.15, 0.2) is 5.16 Å². The lowest BCUT2D eigenvalue weighted by Crippen LogP contribution is -2.35. The number of aromatic nitrogens is 3. The van der Waals surface area contributed by atoms with Gasteiger partial charge in [0.1, 0.15) is 5.82 Å². The van der Waals surface area contributed by atoms with Crippen molar-refractivity contribution in [2.24, 2.45) is 0 Å². The van der Waals surface area contributed by atoms with Gasteiger partial charge in [0.2, 0.25) is 5.91 Å². The molecule has 1 aromatic carbocycles. The third kappa shape index (κ3) is 5.30. The molecule has 4 rings (SSSR count). The first kappa shape index (κ1) is 21.1. The average molecular weight is 442 g/mol. The fourth-order valence-corrected chi connectivity index (χ4v) is 5.02. The van der Waals surface area contributed by atoms with Gasteiger partial charge < -0.3 is 14.8 Å². The maximum atomic E-state index is 12.5. The van der Waals surface area contributed by atoms with E-state index in [1.54, 1.807) is 11.3 Å². The number of hydrogen-bond acceptors (Lipinski definition) is 6. The van der Waals surface area contributed by atoms with Gasteiger partial charge in [-0.2, -0.15) is 0 Å². The summed E-state index contributed by atoms with van der Waals surface area (Å²) in [4.78, 5) is 15.9. The first-order valence-corrected chi connectivity index (χ1v) is 12.1. The maximum Gasteiger partial charge on any atom is 0.230 e. The lowest BCUT2D eigenvalue weighted by atomic mass is 10.1. The summed E-state index contributed by atoms with van der Waals surface area (Å²) in [7, 11) is 4.07. The van der Waals surface area contributed by atoms with Crippen molar-refractivity contribution in [1.82, 2.24) is 25.0 Å². The van der Waals surface area contributed by atoms with E-state index in [2.05, 4.69) is 54.6 Å². The molecular weight excluding hydrogens is 414 g/mol. The van der Waals surface area contributed by atoms with Crippen LogP contribution in [0, 0.1) is 0 Å². The molecule has 8 heteroatoms. The number of hydrogen-bond donors (Lipinski definition) is 1. The Balaban J connectivity index is 1.34. The highest BCUT2D eigenvalue weighted by Crippen LogP contribution is 2.39. The molecule has 0 bridgehead atoms. The minimum absolute atomic E-state index is 0.0212. The predicted molar refractivity (Wildman–Crippen MR) is 122 cm³/mol. The third-order valence-electron chi connectivity index (χ3n) is 5.19. The van der Waals surface area contributed by atoms with Crippen molar-refractivity contribution in [1.29, 1.82) is 0 Å². The molecule has 1 saturated carbocycles. The molecule has 0 saturated heterocycles. The Kier molecular flexibility index (Phi) is 6.86. The van der Waals surface area contributed by atoms with Crippen LogP contribution in [0.15, 0.2) is 53.0 Å². The maximum absolute atomic E-state index is 12.5. The molecule has 1 aliphatic rings. The number of likely N-dealkylation sites (N-methyl/N-ethyl adjacent to an activating group) is 1. The minimum Gasteiger partial charge on any atom is -0.353 e. The van der Waals surface area contributed by atoms with E-state index in [1.807, 2.05) is 32.3 Å². The second-order valence-corrected chi connectivity index (χ2v) is 9.71. The summed E-state index contributed by atoms with van der Waals surface area (Å²) in [6.07, 6.45) is 3.13. The van der Waals surface area contributed by atoms with Gasteiger partial charge in [0, 0.05) is 23.9 Å². The van der Waals surface area contributed by atoms with Crippen LogP contribution < -0.4 is 5.32 Å². The van der Waals surface area contributed by atoms with Crippen molar-refractivity contribution in [2.75, 3.05) is 26.4 Å². The molecule has 0 spiro atoms. The Morgan fingerprint density at radius 1 is 1.23 bits per heavy atom. The molecule has 1 unspecified atom stereocenters. The average Bonchev–Trinajstić information content (AvgIpc) is 3.29. The van der Waals surface area contributed by atoms with Crippen LogP contribution in [0.1, 0.15) is 41.2 Å². The number of nitrogens with one attached hydrogen (secondary N) is 1. The van der Waals surface area contributed by atoms with E-state index in [9.17, 15) is 4.79 Å². The number of rotatable bonds is 10. The zero-order valence-corrected chi connectivity index (χ0v) is 19.0. The molecule has 158 valence electrons. The molecule has 1 aliphatic carbocycles. The molecule has 1 fully saturated rings. The first-order chi connectivity index (χ1) is 14.6. The highest BCUT2D eigenvalue weighted by atomic mass is 32.2. The standard InChI is InChI=1S/C22H27N5OS2/c1-26(2)19(16-7-4-3-5-8-16)14-23-21(28)15-30-22-25-24-20(27(22)17-10-11-17)13-18-9-6-12-29-18/h3-9,12,17,19H,10-11,13-15H2,1-2H3,(H,23,28). The Morgan fingerprint density at radius 3 is 2.70 bits per heavy atom. The van der Waals surface area contributed by atoms with Crippen LogP contribution in [0.4, 0.5) is 0 Å². The van der Waals surface area contributed by atoms with Crippen molar-refractivity contribution in [3.8, 4) is 0 Å². The lowest BCUT2D eigenvalue weighted by molar-refractivity contribution is -0.118. The Hall–Kier alpha value is -2.16. The summed E-state index contributed by atoms with van der Waals surface area (Å²) in [5.74, 6) is 1.37. The van der Waals surface area contributed by atoms with Crippen LogP contribution in [-0.4, -0.2) is 52.0 Å². The first-order valence-electron chi connectivity index (χ1n) is 10.2. The number of amides is 1. The number of thioether (sulfide) groups is 1. The van der Waals surface area contributed by atoms with Gasteiger partial charge >= 0.3 is 0 Å². The zero-order valence-electron chi connectivity index (χ0n) is 17.3. The fourth-order valence-electron chi connectivity index (χ4n) is 3.46. The molecule has 1 atom stereocenters. The molecular formula is C22H27N5OS2. The van der Waals surface area contributed by atoms with Crippen LogP contribution in [0.25, 0.3) is 0 Å². The van der Waals surface area contributed by atoms with E-state index in [4.69, 9.17) is 0 Å². The Labute approximate surface area is 185 Å². The quantitative estimate of drug-likeness (QED) is 0.485. The lowest BCUT2D eigenvalue weighted by Gasteiger charge is -2.25. The van der Waals surface area contributed by atoms with Crippen molar-refractivity contribution in [3.05, 3.63) is 64.1 Å². The summed E-state index contributed by atoms with van der Waals surface area (Å²) < 4.78 is 2.24. The summed E-state index contributed by atoms with van der Waals surface area (Å²) in [6.45, 7) is 0.579. The number of benzene rings is 1. The topological polar surface area (TPSA) is 63.1 Å². The van der Waals surface area contributed by atoms with Gasteiger partial charge in [0.25, 0.3) is 0 Å². The van der Waals surface area contributed by atoms with Crippen molar-refractivity contribution < 1.29 is 4.79 Å². The highest BCUT2D eigenvalue weighted by molar-refractivity contribution is 7.99. The minimum atomic E-state index is 0.0212. The van der Waals surface area contributed by atoms with Gasteiger partial charge in [-0.25, -0.2) is 0 Å². The summed E-state index contributed by atoms with van der Waals surface area (Å²) >= 11 is 3.22.